The van der Waals surface area contributed by atoms with E-state index in [4.69, 9.17) is 14.5 Å². The smallest absolute Gasteiger partial charge is 0.224 e. The van der Waals surface area contributed by atoms with Gasteiger partial charge >= 0.3 is 0 Å². The molecule has 1 unspecified atom stereocenters. The van der Waals surface area contributed by atoms with Gasteiger partial charge in [0, 0.05) is 37.0 Å². The number of nitrogens with zero attached hydrogens (tertiary/aromatic N) is 2. The summed E-state index contributed by atoms with van der Waals surface area (Å²) in [6, 6.07) is 13.4. The van der Waals surface area contributed by atoms with E-state index in [9.17, 15) is 9.59 Å². The highest BCUT2D eigenvalue weighted by molar-refractivity contribution is 5.96. The molecule has 1 fully saturated rings. The van der Waals surface area contributed by atoms with Gasteiger partial charge in [-0.15, -0.1) is 0 Å². The summed E-state index contributed by atoms with van der Waals surface area (Å²) in [6.07, 6.45) is 3.90. The molecule has 3 aromatic rings. The second kappa shape index (κ2) is 11.1. The van der Waals surface area contributed by atoms with E-state index in [1.165, 1.54) is 19.3 Å². The molecule has 0 radical (unpaired) electrons. The van der Waals surface area contributed by atoms with Crippen LogP contribution in [0.4, 0.5) is 11.5 Å². The number of fused-ring (bicyclic) bond motifs is 2. The first-order valence-electron chi connectivity index (χ1n) is 13.1. The molecular weight excluding hydrogens is 468 g/mol. The zero-order valence-electron chi connectivity index (χ0n) is 21.5. The molecule has 37 heavy (non-hydrogen) atoms. The van der Waals surface area contributed by atoms with Gasteiger partial charge in [0.2, 0.25) is 11.8 Å². The number of aryl methyl sites for hydroxylation is 1. The molecule has 0 bridgehead atoms. The van der Waals surface area contributed by atoms with Crippen molar-refractivity contribution < 1.29 is 19.1 Å². The molecule has 1 atom stereocenters. The summed E-state index contributed by atoms with van der Waals surface area (Å²) in [6.45, 7) is 7.14. The van der Waals surface area contributed by atoms with Crippen LogP contribution in [0.3, 0.4) is 0 Å². The van der Waals surface area contributed by atoms with Crippen molar-refractivity contribution >= 4 is 34.2 Å². The van der Waals surface area contributed by atoms with Crippen LogP contribution in [0.2, 0.25) is 0 Å². The van der Waals surface area contributed by atoms with Crippen molar-refractivity contribution in [3.05, 3.63) is 53.6 Å². The van der Waals surface area contributed by atoms with Gasteiger partial charge in [-0.05, 0) is 80.6 Å². The normalized spacial score (nSPS) is 15.8. The number of benzene rings is 2. The van der Waals surface area contributed by atoms with Crippen molar-refractivity contribution in [2.75, 3.05) is 36.5 Å². The molecule has 2 aliphatic heterocycles. The molecule has 2 N–H and O–H groups in total. The van der Waals surface area contributed by atoms with E-state index < -0.39 is 0 Å². The van der Waals surface area contributed by atoms with Crippen LogP contribution in [-0.2, 0) is 9.59 Å². The zero-order chi connectivity index (χ0) is 25.8. The Kier molecular flexibility index (Phi) is 7.44. The molecular formula is C29H34N4O4. The molecule has 2 amide bonds. The highest BCUT2D eigenvalue weighted by atomic mass is 16.6. The van der Waals surface area contributed by atoms with Crippen molar-refractivity contribution in [1.82, 2.24) is 10.3 Å². The maximum Gasteiger partial charge on any atom is 0.224 e. The Bertz CT molecular complexity index is 1300. The van der Waals surface area contributed by atoms with Gasteiger partial charge in [-0.1, -0.05) is 6.07 Å². The van der Waals surface area contributed by atoms with E-state index in [2.05, 4.69) is 28.5 Å². The number of ether oxygens (including phenoxy) is 2. The Hall–Kier alpha value is -3.81. The SMILES string of the molecule is Cc1cc(N2CCCCC2)nc2ccc(NC(=O)CCC(=O)NC(C)c3ccc4c(c3)OCCO4)cc12. The Morgan fingerprint density at radius 3 is 2.51 bits per heavy atom. The molecule has 2 aromatic carbocycles. The number of aromatic nitrogens is 1. The lowest BCUT2D eigenvalue weighted by Gasteiger charge is -2.28. The molecule has 1 saturated heterocycles. The summed E-state index contributed by atoms with van der Waals surface area (Å²) in [4.78, 5) is 32.3. The van der Waals surface area contributed by atoms with Gasteiger partial charge in [0.25, 0.3) is 0 Å². The minimum atomic E-state index is -0.211. The summed E-state index contributed by atoms with van der Waals surface area (Å²) in [5.41, 5.74) is 3.68. The van der Waals surface area contributed by atoms with Crippen molar-refractivity contribution in [1.29, 1.82) is 0 Å². The van der Waals surface area contributed by atoms with E-state index in [0.717, 1.165) is 40.9 Å². The van der Waals surface area contributed by atoms with Gasteiger partial charge in [-0.3, -0.25) is 9.59 Å². The van der Waals surface area contributed by atoms with Crippen LogP contribution in [0, 0.1) is 6.92 Å². The van der Waals surface area contributed by atoms with Crippen LogP contribution >= 0.6 is 0 Å². The topological polar surface area (TPSA) is 92.8 Å². The van der Waals surface area contributed by atoms with Gasteiger partial charge in [-0.2, -0.15) is 0 Å². The monoisotopic (exact) mass is 502 g/mol. The molecule has 1 aromatic heterocycles. The summed E-state index contributed by atoms with van der Waals surface area (Å²) in [5, 5.41) is 6.90. The quantitative estimate of drug-likeness (QED) is 0.477. The molecule has 8 heteroatoms. The fourth-order valence-electron chi connectivity index (χ4n) is 4.92. The molecule has 194 valence electrons. The maximum atomic E-state index is 12.6. The van der Waals surface area contributed by atoms with Crippen molar-refractivity contribution in [3.63, 3.8) is 0 Å². The van der Waals surface area contributed by atoms with Crippen LogP contribution in [0.1, 0.15) is 56.2 Å². The Morgan fingerprint density at radius 2 is 1.70 bits per heavy atom. The van der Waals surface area contributed by atoms with Crippen molar-refractivity contribution in [3.8, 4) is 11.5 Å². The zero-order valence-corrected chi connectivity index (χ0v) is 21.5. The van der Waals surface area contributed by atoms with Crippen molar-refractivity contribution in [2.24, 2.45) is 0 Å². The lowest BCUT2D eigenvalue weighted by Crippen LogP contribution is -2.30. The van der Waals surface area contributed by atoms with E-state index >= 15 is 0 Å². The molecule has 2 aliphatic rings. The number of hydrogen-bond acceptors (Lipinski definition) is 6. The fourth-order valence-corrected chi connectivity index (χ4v) is 4.92. The summed E-state index contributed by atoms with van der Waals surface area (Å²) < 4.78 is 11.2. The minimum absolute atomic E-state index is 0.100. The number of carbonyl (C=O) groups excluding carboxylic acids is 2. The highest BCUT2D eigenvalue weighted by Crippen LogP contribution is 2.32. The molecule has 0 spiro atoms. The number of rotatable bonds is 7. The number of carbonyl (C=O) groups is 2. The van der Waals surface area contributed by atoms with E-state index in [-0.39, 0.29) is 30.7 Å². The van der Waals surface area contributed by atoms with Gasteiger partial charge in [0.15, 0.2) is 11.5 Å². The van der Waals surface area contributed by atoms with E-state index in [1.54, 1.807) is 0 Å². The van der Waals surface area contributed by atoms with Gasteiger partial charge in [-0.25, -0.2) is 4.98 Å². The molecule has 8 nitrogen and oxygen atoms in total. The first-order chi connectivity index (χ1) is 18.0. The third-order valence-electron chi connectivity index (χ3n) is 6.99. The van der Waals surface area contributed by atoms with Crippen molar-refractivity contribution in [2.45, 2.75) is 52.0 Å². The predicted molar refractivity (Wildman–Crippen MR) is 144 cm³/mol. The standard InChI is InChI=1S/C29H34N4O4/c1-19-16-27(33-12-4-3-5-13-33)32-24-8-7-22(18-23(19)24)31-29(35)11-10-28(34)30-20(2)21-6-9-25-26(17-21)37-15-14-36-25/h6-9,16-18,20H,3-5,10-15H2,1-2H3,(H,30,34)(H,31,35). The summed E-state index contributed by atoms with van der Waals surface area (Å²) in [5.74, 6) is 2.05. The first-order valence-corrected chi connectivity index (χ1v) is 13.1. The Morgan fingerprint density at radius 1 is 0.946 bits per heavy atom. The number of piperidine rings is 1. The maximum absolute atomic E-state index is 12.6. The van der Waals surface area contributed by atoms with Crippen LogP contribution < -0.4 is 25.0 Å². The molecule has 0 aliphatic carbocycles. The molecule has 5 rings (SSSR count). The van der Waals surface area contributed by atoms with Gasteiger partial charge in [0.05, 0.1) is 11.6 Å². The fraction of sp³-hybridized carbons (Fsp3) is 0.414. The Labute approximate surface area is 217 Å². The largest absolute Gasteiger partial charge is 0.486 e. The number of hydrogen-bond donors (Lipinski definition) is 2. The second-order valence-corrected chi connectivity index (χ2v) is 9.82. The second-order valence-electron chi connectivity index (χ2n) is 9.82. The average molecular weight is 503 g/mol. The third kappa shape index (κ3) is 5.96. The van der Waals surface area contributed by atoms with E-state index in [0.29, 0.717) is 30.4 Å². The summed E-state index contributed by atoms with van der Waals surface area (Å²) >= 11 is 0. The molecule has 0 saturated carbocycles. The number of nitrogens with one attached hydrogen (secondary N) is 2. The van der Waals surface area contributed by atoms with Gasteiger partial charge in [0.1, 0.15) is 19.0 Å². The molecule has 3 heterocycles. The minimum Gasteiger partial charge on any atom is -0.486 e. The summed E-state index contributed by atoms with van der Waals surface area (Å²) in [7, 11) is 0. The van der Waals surface area contributed by atoms with Crippen LogP contribution in [0.15, 0.2) is 42.5 Å². The van der Waals surface area contributed by atoms with E-state index in [1.807, 2.05) is 43.3 Å². The lowest BCUT2D eigenvalue weighted by molar-refractivity contribution is -0.124. The lowest BCUT2D eigenvalue weighted by atomic mass is 10.1. The predicted octanol–water partition coefficient (Wildman–Crippen LogP) is 4.90. The number of amides is 2. The number of anilines is 2. The third-order valence-corrected chi connectivity index (χ3v) is 6.99. The van der Waals surface area contributed by atoms with Crippen LogP contribution in [-0.4, -0.2) is 43.1 Å². The van der Waals surface area contributed by atoms with Gasteiger partial charge < -0.3 is 25.0 Å². The number of pyridine rings is 1. The van der Waals surface area contributed by atoms with Crippen LogP contribution in [0.5, 0.6) is 11.5 Å². The average Bonchev–Trinajstić information content (AvgIpc) is 2.92. The first kappa shape index (κ1) is 24.9. The highest BCUT2D eigenvalue weighted by Gasteiger charge is 2.17. The Balaban J connectivity index is 1.15. The van der Waals surface area contributed by atoms with Crippen LogP contribution in [0.25, 0.3) is 10.9 Å².